The van der Waals surface area contributed by atoms with E-state index in [1.807, 2.05) is 31.2 Å². The predicted molar refractivity (Wildman–Crippen MR) is 67.6 cm³/mol. The van der Waals surface area contributed by atoms with Gasteiger partial charge in [0, 0.05) is 5.69 Å². The Hall–Kier alpha value is -1.62. The van der Waals surface area contributed by atoms with Crippen molar-refractivity contribution in [2.75, 3.05) is 11.9 Å². The van der Waals surface area contributed by atoms with Crippen molar-refractivity contribution in [1.82, 2.24) is 5.32 Å². The molecule has 0 heterocycles. The molecular weight excluding hydrogens is 224 g/mol. The van der Waals surface area contributed by atoms with E-state index in [0.29, 0.717) is 6.61 Å². The SMILES string of the molecule is CCOC(=O)NC(=S)Nc1ccccc1C. The smallest absolute Gasteiger partial charge is 0.413 e. The van der Waals surface area contributed by atoms with Gasteiger partial charge in [0.2, 0.25) is 0 Å². The zero-order chi connectivity index (χ0) is 12.0. The zero-order valence-corrected chi connectivity index (χ0v) is 10.1. The average molecular weight is 238 g/mol. The Labute approximate surface area is 100.0 Å². The Morgan fingerprint density at radius 3 is 2.75 bits per heavy atom. The Bertz CT molecular complexity index is 393. The largest absolute Gasteiger partial charge is 0.450 e. The van der Waals surface area contributed by atoms with Gasteiger partial charge < -0.3 is 10.1 Å². The lowest BCUT2D eigenvalue weighted by Crippen LogP contribution is -2.34. The van der Waals surface area contributed by atoms with E-state index in [1.54, 1.807) is 6.92 Å². The molecule has 0 bridgehead atoms. The van der Waals surface area contributed by atoms with Gasteiger partial charge in [-0.1, -0.05) is 18.2 Å². The van der Waals surface area contributed by atoms with Crippen molar-refractivity contribution in [3.8, 4) is 0 Å². The highest BCUT2D eigenvalue weighted by Gasteiger charge is 2.05. The van der Waals surface area contributed by atoms with Crippen LogP contribution in [0.2, 0.25) is 0 Å². The van der Waals surface area contributed by atoms with Crippen LogP contribution in [0.15, 0.2) is 24.3 Å². The molecule has 0 saturated carbocycles. The maximum Gasteiger partial charge on any atom is 0.413 e. The van der Waals surface area contributed by atoms with Gasteiger partial charge in [0.05, 0.1) is 6.61 Å². The molecule has 0 spiro atoms. The van der Waals surface area contributed by atoms with Crippen molar-refractivity contribution >= 4 is 29.1 Å². The van der Waals surface area contributed by atoms with E-state index in [1.165, 1.54) is 0 Å². The summed E-state index contributed by atoms with van der Waals surface area (Å²) in [4.78, 5) is 11.1. The number of carbonyl (C=O) groups is 1. The minimum absolute atomic E-state index is 0.229. The summed E-state index contributed by atoms with van der Waals surface area (Å²) in [5, 5.41) is 5.56. The predicted octanol–water partition coefficient (Wildman–Crippen LogP) is 2.44. The summed E-state index contributed by atoms with van der Waals surface area (Å²) in [5.74, 6) is 0. The van der Waals surface area contributed by atoms with E-state index in [0.717, 1.165) is 11.3 Å². The van der Waals surface area contributed by atoms with Gasteiger partial charge in [-0.25, -0.2) is 4.79 Å². The second-order valence-electron chi connectivity index (χ2n) is 3.11. The van der Waals surface area contributed by atoms with Crippen molar-refractivity contribution in [2.24, 2.45) is 0 Å². The van der Waals surface area contributed by atoms with Gasteiger partial charge in [-0.3, -0.25) is 5.32 Å². The van der Waals surface area contributed by atoms with E-state index in [9.17, 15) is 4.79 Å². The van der Waals surface area contributed by atoms with Gasteiger partial charge in [0.15, 0.2) is 5.11 Å². The minimum Gasteiger partial charge on any atom is -0.450 e. The van der Waals surface area contributed by atoms with Crippen LogP contribution in [0, 0.1) is 6.92 Å². The van der Waals surface area contributed by atoms with E-state index in [-0.39, 0.29) is 5.11 Å². The quantitative estimate of drug-likeness (QED) is 0.777. The van der Waals surface area contributed by atoms with E-state index in [4.69, 9.17) is 17.0 Å². The van der Waals surface area contributed by atoms with Crippen LogP contribution in [0.25, 0.3) is 0 Å². The van der Waals surface area contributed by atoms with Gasteiger partial charge in [-0.2, -0.15) is 0 Å². The maximum absolute atomic E-state index is 11.1. The first-order valence-electron chi connectivity index (χ1n) is 4.94. The second kappa shape index (κ2) is 6.07. The maximum atomic E-state index is 11.1. The molecule has 0 saturated heterocycles. The number of nitrogens with one attached hydrogen (secondary N) is 2. The van der Waals surface area contributed by atoms with Crippen LogP contribution < -0.4 is 10.6 Å². The number of thiocarbonyl (C=S) groups is 1. The van der Waals surface area contributed by atoms with Gasteiger partial charge in [0.1, 0.15) is 0 Å². The fourth-order valence-electron chi connectivity index (χ4n) is 1.13. The summed E-state index contributed by atoms with van der Waals surface area (Å²) in [6.45, 7) is 4.01. The molecule has 0 aromatic heterocycles. The molecule has 1 rings (SSSR count). The summed E-state index contributed by atoms with van der Waals surface area (Å²) < 4.78 is 4.70. The molecule has 0 aliphatic rings. The van der Waals surface area contributed by atoms with Crippen LogP contribution in [-0.2, 0) is 4.74 Å². The molecule has 16 heavy (non-hydrogen) atoms. The van der Waals surface area contributed by atoms with E-state index >= 15 is 0 Å². The number of ether oxygens (including phenoxy) is 1. The van der Waals surface area contributed by atoms with Crippen LogP contribution in [0.5, 0.6) is 0 Å². The molecule has 1 amide bonds. The summed E-state index contributed by atoms with van der Waals surface area (Å²) in [7, 11) is 0. The van der Waals surface area contributed by atoms with Crippen molar-refractivity contribution in [3.63, 3.8) is 0 Å². The number of aryl methyl sites for hydroxylation is 1. The highest BCUT2D eigenvalue weighted by atomic mass is 32.1. The number of amides is 1. The van der Waals surface area contributed by atoms with Crippen LogP contribution in [0.4, 0.5) is 10.5 Å². The molecule has 0 aliphatic heterocycles. The second-order valence-corrected chi connectivity index (χ2v) is 3.52. The van der Waals surface area contributed by atoms with E-state index in [2.05, 4.69) is 10.6 Å². The summed E-state index contributed by atoms with van der Waals surface area (Å²) in [6, 6.07) is 7.66. The van der Waals surface area contributed by atoms with Crippen LogP contribution in [0.3, 0.4) is 0 Å². The Balaban J connectivity index is 2.52. The number of carbonyl (C=O) groups excluding carboxylic acids is 1. The van der Waals surface area contributed by atoms with E-state index < -0.39 is 6.09 Å². The van der Waals surface area contributed by atoms with Crippen LogP contribution in [-0.4, -0.2) is 17.8 Å². The molecule has 86 valence electrons. The monoisotopic (exact) mass is 238 g/mol. The number of rotatable bonds is 2. The summed E-state index contributed by atoms with van der Waals surface area (Å²) in [6.07, 6.45) is -0.548. The Kier molecular flexibility index (Phi) is 4.72. The highest BCUT2D eigenvalue weighted by molar-refractivity contribution is 7.80. The lowest BCUT2D eigenvalue weighted by atomic mass is 10.2. The standard InChI is InChI=1S/C11H14N2O2S/c1-3-15-11(14)13-10(16)12-9-7-5-4-6-8(9)2/h4-7H,3H2,1-2H3,(H2,12,13,14,16). The first-order chi connectivity index (χ1) is 7.63. The third-order valence-electron chi connectivity index (χ3n) is 1.88. The molecule has 4 nitrogen and oxygen atoms in total. The Morgan fingerprint density at radius 1 is 1.44 bits per heavy atom. The molecule has 2 N–H and O–H groups in total. The van der Waals surface area contributed by atoms with Gasteiger partial charge in [-0.05, 0) is 37.7 Å². The van der Waals surface area contributed by atoms with Crippen molar-refractivity contribution < 1.29 is 9.53 Å². The number of hydrogen-bond acceptors (Lipinski definition) is 3. The highest BCUT2D eigenvalue weighted by Crippen LogP contribution is 2.12. The van der Waals surface area contributed by atoms with Crippen molar-refractivity contribution in [1.29, 1.82) is 0 Å². The van der Waals surface area contributed by atoms with Gasteiger partial charge >= 0.3 is 6.09 Å². The van der Waals surface area contributed by atoms with Gasteiger partial charge in [0.25, 0.3) is 0 Å². The summed E-state index contributed by atoms with van der Waals surface area (Å²) >= 11 is 4.96. The minimum atomic E-state index is -0.548. The normalized spacial score (nSPS) is 9.38. The van der Waals surface area contributed by atoms with Gasteiger partial charge in [-0.15, -0.1) is 0 Å². The topological polar surface area (TPSA) is 50.4 Å². The molecule has 0 unspecified atom stereocenters. The van der Waals surface area contributed by atoms with Crippen LogP contribution in [0.1, 0.15) is 12.5 Å². The van der Waals surface area contributed by atoms with Crippen molar-refractivity contribution in [3.05, 3.63) is 29.8 Å². The first kappa shape index (κ1) is 12.4. The lowest BCUT2D eigenvalue weighted by molar-refractivity contribution is 0.158. The number of para-hydroxylation sites is 1. The number of benzene rings is 1. The third kappa shape index (κ3) is 3.86. The molecule has 0 atom stereocenters. The molecule has 0 radical (unpaired) electrons. The molecule has 1 aromatic rings. The number of hydrogen-bond donors (Lipinski definition) is 2. The molecule has 5 heteroatoms. The van der Waals surface area contributed by atoms with Crippen LogP contribution >= 0.6 is 12.2 Å². The fourth-order valence-corrected chi connectivity index (χ4v) is 1.32. The third-order valence-corrected chi connectivity index (χ3v) is 2.09. The first-order valence-corrected chi connectivity index (χ1v) is 5.34. The Morgan fingerprint density at radius 2 is 2.12 bits per heavy atom. The summed E-state index contributed by atoms with van der Waals surface area (Å²) in [5.41, 5.74) is 1.92. The fraction of sp³-hybridized carbons (Fsp3) is 0.273. The molecular formula is C11H14N2O2S. The molecule has 0 fully saturated rings. The average Bonchev–Trinajstić information content (AvgIpc) is 2.21. The lowest BCUT2D eigenvalue weighted by Gasteiger charge is -2.10. The zero-order valence-electron chi connectivity index (χ0n) is 9.24. The number of anilines is 1. The number of alkyl carbamates (subject to hydrolysis) is 1. The van der Waals surface area contributed by atoms with Crippen molar-refractivity contribution in [2.45, 2.75) is 13.8 Å². The molecule has 0 aliphatic carbocycles. The molecule has 1 aromatic carbocycles.